The molecular weight excluding hydrogens is 238 g/mol. The summed E-state index contributed by atoms with van der Waals surface area (Å²) in [6.45, 7) is 0. The molecule has 0 amide bonds. The number of carbonyl (C=O) groups is 1. The molecule has 0 radical (unpaired) electrons. The van der Waals surface area contributed by atoms with E-state index >= 15 is 0 Å². The zero-order chi connectivity index (χ0) is 12.0. The fourth-order valence-corrected chi connectivity index (χ4v) is 3.00. The van der Waals surface area contributed by atoms with Crippen molar-refractivity contribution in [2.24, 2.45) is 0 Å². The summed E-state index contributed by atoms with van der Waals surface area (Å²) in [5.74, 6) is -0.763. The van der Waals surface area contributed by atoms with Gasteiger partial charge in [-0.2, -0.15) is 0 Å². The third kappa shape index (κ3) is 1.32. The van der Waals surface area contributed by atoms with Gasteiger partial charge in [-0.3, -0.25) is 4.79 Å². The molecule has 1 aromatic heterocycles. The molecule has 0 saturated heterocycles. The highest BCUT2D eigenvalue weighted by Crippen LogP contribution is 2.47. The molecule has 3 rings (SSSR count). The van der Waals surface area contributed by atoms with Crippen LogP contribution in [-0.2, 0) is 10.2 Å². The van der Waals surface area contributed by atoms with E-state index in [4.69, 9.17) is 11.6 Å². The predicted molar refractivity (Wildman–Crippen MR) is 66.5 cm³/mol. The maximum absolute atomic E-state index is 11.5. The third-order valence-corrected chi connectivity index (χ3v) is 4.21. The second-order valence-corrected chi connectivity index (χ2v) is 4.98. The summed E-state index contributed by atoms with van der Waals surface area (Å²) in [5.41, 5.74) is 0.936. The lowest BCUT2D eigenvalue weighted by atomic mass is 9.64. The highest BCUT2D eigenvalue weighted by Gasteiger charge is 2.47. The monoisotopic (exact) mass is 249 g/mol. The van der Waals surface area contributed by atoms with Crippen molar-refractivity contribution in [1.29, 1.82) is 0 Å². The Balaban J connectivity index is 2.23. The van der Waals surface area contributed by atoms with Crippen molar-refractivity contribution in [1.82, 2.24) is 4.98 Å². The smallest absolute Gasteiger partial charge is 0.314 e. The summed E-state index contributed by atoms with van der Waals surface area (Å²) in [5, 5.41) is 10.9. The highest BCUT2D eigenvalue weighted by molar-refractivity contribution is 6.36. The van der Waals surface area contributed by atoms with E-state index in [0.29, 0.717) is 17.9 Å². The van der Waals surface area contributed by atoms with E-state index in [1.54, 1.807) is 0 Å². The van der Waals surface area contributed by atoms with Crippen molar-refractivity contribution in [3.63, 3.8) is 0 Å². The van der Waals surface area contributed by atoms with E-state index in [1.807, 2.05) is 24.4 Å². The molecule has 2 N–H and O–H groups in total. The summed E-state index contributed by atoms with van der Waals surface area (Å²) in [7, 11) is 0. The molecule has 1 aliphatic rings. The van der Waals surface area contributed by atoms with Crippen LogP contribution in [0.25, 0.3) is 10.9 Å². The van der Waals surface area contributed by atoms with Gasteiger partial charge in [-0.25, -0.2) is 0 Å². The van der Waals surface area contributed by atoms with Gasteiger partial charge in [0.2, 0.25) is 0 Å². The SMILES string of the molecule is O=C(O)C1(c2ccc3[nH]ccc3c2Cl)CCC1. The molecule has 2 aromatic rings. The molecule has 1 aliphatic carbocycles. The summed E-state index contributed by atoms with van der Waals surface area (Å²) in [6, 6.07) is 5.63. The van der Waals surface area contributed by atoms with Crippen LogP contribution in [0.2, 0.25) is 5.02 Å². The van der Waals surface area contributed by atoms with Crippen LogP contribution in [0.1, 0.15) is 24.8 Å². The number of hydrogen-bond donors (Lipinski definition) is 2. The number of carboxylic acids is 1. The van der Waals surface area contributed by atoms with Gasteiger partial charge in [0.15, 0.2) is 0 Å². The molecule has 1 aromatic carbocycles. The Morgan fingerprint density at radius 2 is 2.12 bits per heavy atom. The number of benzene rings is 1. The molecule has 1 heterocycles. The molecule has 1 fully saturated rings. The number of fused-ring (bicyclic) bond motifs is 1. The zero-order valence-electron chi connectivity index (χ0n) is 9.16. The fourth-order valence-electron chi connectivity index (χ4n) is 2.59. The first-order valence-electron chi connectivity index (χ1n) is 5.65. The van der Waals surface area contributed by atoms with Gasteiger partial charge in [-0.05, 0) is 30.5 Å². The molecule has 0 spiro atoms. The zero-order valence-corrected chi connectivity index (χ0v) is 9.92. The van der Waals surface area contributed by atoms with Gasteiger partial charge in [0, 0.05) is 17.1 Å². The average Bonchev–Trinajstić information content (AvgIpc) is 2.67. The lowest BCUT2D eigenvalue weighted by Gasteiger charge is -2.38. The van der Waals surface area contributed by atoms with Gasteiger partial charge in [0.25, 0.3) is 0 Å². The molecule has 1 saturated carbocycles. The first-order chi connectivity index (χ1) is 8.15. The number of aliphatic carboxylic acids is 1. The number of aromatic amines is 1. The minimum atomic E-state index is -0.763. The maximum Gasteiger partial charge on any atom is 0.314 e. The molecule has 4 heteroatoms. The number of aromatic nitrogens is 1. The van der Waals surface area contributed by atoms with Crippen molar-refractivity contribution >= 4 is 28.5 Å². The lowest BCUT2D eigenvalue weighted by Crippen LogP contribution is -2.42. The number of nitrogens with one attached hydrogen (secondary N) is 1. The molecule has 0 atom stereocenters. The largest absolute Gasteiger partial charge is 0.481 e. The Kier molecular flexibility index (Phi) is 2.20. The minimum Gasteiger partial charge on any atom is -0.481 e. The maximum atomic E-state index is 11.5. The topological polar surface area (TPSA) is 53.1 Å². The quantitative estimate of drug-likeness (QED) is 0.858. The molecule has 3 nitrogen and oxygen atoms in total. The van der Waals surface area contributed by atoms with Crippen molar-refractivity contribution in [3.05, 3.63) is 35.0 Å². The van der Waals surface area contributed by atoms with Crippen LogP contribution in [-0.4, -0.2) is 16.1 Å². The second-order valence-electron chi connectivity index (χ2n) is 4.61. The summed E-state index contributed by atoms with van der Waals surface area (Å²) >= 11 is 6.34. The summed E-state index contributed by atoms with van der Waals surface area (Å²) in [4.78, 5) is 14.5. The minimum absolute atomic E-state index is 0.575. The van der Waals surface area contributed by atoms with E-state index in [2.05, 4.69) is 4.98 Å². The van der Waals surface area contributed by atoms with Crippen LogP contribution in [0.5, 0.6) is 0 Å². The number of hydrogen-bond acceptors (Lipinski definition) is 1. The van der Waals surface area contributed by atoms with E-state index in [0.717, 1.165) is 22.9 Å². The standard InChI is InChI=1S/C13H12ClNO2/c14-11-8-4-7-15-10(8)3-2-9(11)13(12(16)17)5-1-6-13/h2-4,7,15H,1,5-6H2,(H,16,17). The number of H-pyrrole nitrogens is 1. The van der Waals surface area contributed by atoms with Gasteiger partial charge in [0.1, 0.15) is 0 Å². The van der Waals surface area contributed by atoms with Crippen LogP contribution in [0.15, 0.2) is 24.4 Å². The number of carboxylic acid groups (broad SMARTS) is 1. The first-order valence-corrected chi connectivity index (χ1v) is 6.02. The van der Waals surface area contributed by atoms with Crippen LogP contribution in [0.4, 0.5) is 0 Å². The highest BCUT2D eigenvalue weighted by atomic mass is 35.5. The molecule has 17 heavy (non-hydrogen) atoms. The van der Waals surface area contributed by atoms with Gasteiger partial charge in [-0.1, -0.05) is 24.1 Å². The Hall–Kier alpha value is -1.48. The van der Waals surface area contributed by atoms with Crippen LogP contribution >= 0.6 is 11.6 Å². The molecule has 0 aliphatic heterocycles. The Morgan fingerprint density at radius 3 is 2.71 bits per heavy atom. The lowest BCUT2D eigenvalue weighted by molar-refractivity contribution is -0.147. The molecule has 0 bridgehead atoms. The van der Waals surface area contributed by atoms with Gasteiger partial charge >= 0.3 is 5.97 Å². The summed E-state index contributed by atoms with van der Waals surface area (Å²) in [6.07, 6.45) is 4.12. The van der Waals surface area contributed by atoms with Crippen molar-refractivity contribution in [3.8, 4) is 0 Å². The van der Waals surface area contributed by atoms with Crippen molar-refractivity contribution < 1.29 is 9.90 Å². The van der Waals surface area contributed by atoms with Gasteiger partial charge in [0.05, 0.1) is 10.4 Å². The van der Waals surface area contributed by atoms with E-state index < -0.39 is 11.4 Å². The van der Waals surface area contributed by atoms with Gasteiger partial charge in [-0.15, -0.1) is 0 Å². The number of halogens is 1. The van der Waals surface area contributed by atoms with Gasteiger partial charge < -0.3 is 10.1 Å². The Bertz CT molecular complexity index is 598. The van der Waals surface area contributed by atoms with E-state index in [9.17, 15) is 9.90 Å². The van der Waals surface area contributed by atoms with E-state index in [-0.39, 0.29) is 0 Å². The van der Waals surface area contributed by atoms with Crippen molar-refractivity contribution in [2.45, 2.75) is 24.7 Å². The first kappa shape index (κ1) is 10.7. The molecular formula is C13H12ClNO2. The third-order valence-electron chi connectivity index (χ3n) is 3.80. The van der Waals surface area contributed by atoms with Crippen LogP contribution < -0.4 is 0 Å². The Morgan fingerprint density at radius 1 is 1.35 bits per heavy atom. The second kappa shape index (κ2) is 3.50. The summed E-state index contributed by atoms with van der Waals surface area (Å²) < 4.78 is 0. The molecule has 88 valence electrons. The normalized spacial score (nSPS) is 17.9. The number of rotatable bonds is 2. The fraction of sp³-hybridized carbons (Fsp3) is 0.308. The molecule has 0 unspecified atom stereocenters. The van der Waals surface area contributed by atoms with Crippen molar-refractivity contribution in [2.75, 3.05) is 0 Å². The van der Waals surface area contributed by atoms with Crippen LogP contribution in [0.3, 0.4) is 0 Å². The average molecular weight is 250 g/mol. The predicted octanol–water partition coefficient (Wildman–Crippen LogP) is 3.33. The van der Waals surface area contributed by atoms with Crippen LogP contribution in [0, 0.1) is 0 Å². The van der Waals surface area contributed by atoms with E-state index in [1.165, 1.54) is 0 Å². The Labute approximate surface area is 103 Å².